The summed E-state index contributed by atoms with van der Waals surface area (Å²) in [5.41, 5.74) is 0.343. The van der Waals surface area contributed by atoms with Crippen LogP contribution in [0.25, 0.3) is 0 Å². The molecule has 140 valence electrons. The molecule has 2 unspecified atom stereocenters. The summed E-state index contributed by atoms with van der Waals surface area (Å²) >= 11 is 0. The Morgan fingerprint density at radius 3 is 2.52 bits per heavy atom. The van der Waals surface area contributed by atoms with E-state index in [1.165, 1.54) is 18.2 Å². The van der Waals surface area contributed by atoms with Crippen LogP contribution in [-0.4, -0.2) is 24.1 Å². The minimum atomic E-state index is -3.52. The molecule has 2 N–H and O–H groups in total. The first-order valence-corrected chi connectivity index (χ1v) is 12.2. The molecule has 1 aromatic carbocycles. The Morgan fingerprint density at radius 2 is 1.84 bits per heavy atom. The molecule has 1 heterocycles. The first kappa shape index (κ1) is 18.8. The Morgan fingerprint density at radius 1 is 1.16 bits per heavy atom. The second kappa shape index (κ2) is 7.32. The van der Waals surface area contributed by atoms with E-state index in [2.05, 4.69) is 4.72 Å². The molecule has 1 fully saturated rings. The lowest BCUT2D eigenvalue weighted by atomic mass is 10.0. The minimum Gasteiger partial charge on any atom is -0.249 e. The van der Waals surface area contributed by atoms with Crippen LogP contribution in [0.5, 0.6) is 0 Å². The van der Waals surface area contributed by atoms with Crippen LogP contribution in [0.15, 0.2) is 23.1 Å². The number of hydrogen-bond donors (Lipinski definition) is 2. The van der Waals surface area contributed by atoms with E-state index in [9.17, 15) is 17.0 Å². The lowest BCUT2D eigenvalue weighted by Crippen LogP contribution is -2.36. The Bertz CT molecular complexity index is 829. The van der Waals surface area contributed by atoms with E-state index in [-0.39, 0.29) is 28.7 Å². The first-order chi connectivity index (χ1) is 11.8. The fourth-order valence-electron chi connectivity index (χ4n) is 3.87. The molecule has 0 radical (unpaired) electrons. The summed E-state index contributed by atoms with van der Waals surface area (Å²) < 4.78 is 61.9. The van der Waals surface area contributed by atoms with Gasteiger partial charge in [-0.2, -0.15) is 0 Å². The zero-order valence-electron chi connectivity index (χ0n) is 14.2. The van der Waals surface area contributed by atoms with Crippen molar-refractivity contribution in [1.82, 2.24) is 4.72 Å². The SMILES string of the molecule is N=S1(=O)CCC(NS(=O)(=O)CC2CCCCCC2)c2cc(F)ccc21. The molecule has 1 aromatic rings. The van der Waals surface area contributed by atoms with Crippen molar-refractivity contribution in [3.8, 4) is 0 Å². The lowest BCUT2D eigenvalue weighted by molar-refractivity contribution is 0.480. The van der Waals surface area contributed by atoms with Gasteiger partial charge in [0.2, 0.25) is 10.0 Å². The Balaban J connectivity index is 1.79. The summed E-state index contributed by atoms with van der Waals surface area (Å²) in [6.07, 6.45) is 6.57. The molecular weight excluding hydrogens is 363 g/mol. The van der Waals surface area contributed by atoms with E-state index in [1.54, 1.807) is 0 Å². The maximum atomic E-state index is 13.6. The molecule has 2 aliphatic rings. The summed E-state index contributed by atoms with van der Waals surface area (Å²) in [6, 6.07) is 3.13. The average Bonchev–Trinajstić information content (AvgIpc) is 2.78. The molecule has 2 atom stereocenters. The van der Waals surface area contributed by atoms with E-state index in [0.29, 0.717) is 5.56 Å². The van der Waals surface area contributed by atoms with Gasteiger partial charge >= 0.3 is 0 Å². The molecule has 0 amide bonds. The van der Waals surface area contributed by atoms with Gasteiger partial charge in [0.25, 0.3) is 0 Å². The van der Waals surface area contributed by atoms with Gasteiger partial charge in [0.1, 0.15) is 5.82 Å². The summed E-state index contributed by atoms with van der Waals surface area (Å²) in [4.78, 5) is 0.252. The lowest BCUT2D eigenvalue weighted by Gasteiger charge is -2.28. The van der Waals surface area contributed by atoms with Crippen LogP contribution in [0.3, 0.4) is 0 Å². The van der Waals surface area contributed by atoms with Gasteiger partial charge in [-0.15, -0.1) is 0 Å². The maximum absolute atomic E-state index is 13.6. The van der Waals surface area contributed by atoms with Crippen molar-refractivity contribution < 1.29 is 17.0 Å². The Kier molecular flexibility index (Phi) is 5.51. The summed E-state index contributed by atoms with van der Waals surface area (Å²) in [7, 11) is -6.50. The van der Waals surface area contributed by atoms with Gasteiger partial charge < -0.3 is 0 Å². The van der Waals surface area contributed by atoms with Gasteiger partial charge in [0.05, 0.1) is 20.4 Å². The molecule has 25 heavy (non-hydrogen) atoms. The smallest absolute Gasteiger partial charge is 0.212 e. The van der Waals surface area contributed by atoms with Crippen molar-refractivity contribution in [3.63, 3.8) is 0 Å². The molecule has 1 saturated carbocycles. The second-order valence-electron chi connectivity index (χ2n) is 7.16. The predicted octanol–water partition coefficient (Wildman–Crippen LogP) is 3.57. The van der Waals surface area contributed by atoms with E-state index in [4.69, 9.17) is 4.78 Å². The monoisotopic (exact) mass is 388 g/mol. The minimum absolute atomic E-state index is 0.0856. The number of sulfonamides is 1. The van der Waals surface area contributed by atoms with Gasteiger partial charge in [-0.3, -0.25) is 0 Å². The number of nitrogens with one attached hydrogen (secondary N) is 2. The first-order valence-electron chi connectivity index (χ1n) is 8.83. The fourth-order valence-corrected chi connectivity index (χ4v) is 7.26. The van der Waals surface area contributed by atoms with Crippen molar-refractivity contribution in [3.05, 3.63) is 29.6 Å². The number of benzene rings is 1. The van der Waals surface area contributed by atoms with Crippen LogP contribution in [0, 0.1) is 16.5 Å². The highest BCUT2D eigenvalue weighted by Crippen LogP contribution is 2.34. The average molecular weight is 389 g/mol. The van der Waals surface area contributed by atoms with Crippen LogP contribution in [-0.2, 0) is 19.8 Å². The highest BCUT2D eigenvalue weighted by molar-refractivity contribution is 7.92. The molecule has 5 nitrogen and oxygen atoms in total. The van der Waals surface area contributed by atoms with Crippen LogP contribution >= 0.6 is 0 Å². The van der Waals surface area contributed by atoms with E-state index in [1.807, 2.05) is 0 Å². The quantitative estimate of drug-likeness (QED) is 0.773. The maximum Gasteiger partial charge on any atom is 0.212 e. The molecular formula is C17H25FN2O3S2. The highest BCUT2D eigenvalue weighted by Gasteiger charge is 2.32. The zero-order chi connectivity index (χ0) is 18.1. The van der Waals surface area contributed by atoms with Crippen LogP contribution < -0.4 is 4.72 Å². The van der Waals surface area contributed by atoms with Crippen LogP contribution in [0.2, 0.25) is 0 Å². The Labute approximate surface area is 149 Å². The molecule has 3 rings (SSSR count). The van der Waals surface area contributed by atoms with Crippen molar-refractivity contribution in [1.29, 1.82) is 4.78 Å². The molecule has 0 saturated heterocycles. The normalized spacial score (nSPS) is 28.3. The topological polar surface area (TPSA) is 87.1 Å². The van der Waals surface area contributed by atoms with Gasteiger partial charge in [-0.1, -0.05) is 25.7 Å². The fraction of sp³-hybridized carbons (Fsp3) is 0.647. The summed E-state index contributed by atoms with van der Waals surface area (Å²) in [5, 5.41) is 0. The van der Waals surface area contributed by atoms with Crippen molar-refractivity contribution >= 4 is 19.8 Å². The number of fused-ring (bicyclic) bond motifs is 1. The Hall–Kier alpha value is -0.990. The van der Waals surface area contributed by atoms with E-state index in [0.717, 1.165) is 38.5 Å². The van der Waals surface area contributed by atoms with Crippen LogP contribution in [0.1, 0.15) is 56.6 Å². The molecule has 8 heteroatoms. The third-order valence-electron chi connectivity index (χ3n) is 5.15. The van der Waals surface area contributed by atoms with E-state index >= 15 is 0 Å². The predicted molar refractivity (Wildman–Crippen MR) is 95.9 cm³/mol. The van der Waals surface area contributed by atoms with Gasteiger partial charge in [0, 0.05) is 11.8 Å². The largest absolute Gasteiger partial charge is 0.249 e. The highest BCUT2D eigenvalue weighted by atomic mass is 32.2. The number of halogens is 1. The summed E-state index contributed by atoms with van der Waals surface area (Å²) in [6.45, 7) is 0. The van der Waals surface area contributed by atoms with Crippen molar-refractivity contribution in [2.24, 2.45) is 5.92 Å². The summed E-state index contributed by atoms with van der Waals surface area (Å²) in [5.74, 6) is -0.174. The van der Waals surface area contributed by atoms with Crippen molar-refractivity contribution in [2.75, 3.05) is 11.5 Å². The van der Waals surface area contributed by atoms with Crippen molar-refractivity contribution in [2.45, 2.75) is 55.9 Å². The second-order valence-corrected chi connectivity index (χ2v) is 11.2. The molecule has 0 spiro atoms. The zero-order valence-corrected chi connectivity index (χ0v) is 15.8. The standard InChI is InChI=1S/C17H25FN2O3S2/c18-14-7-8-17-15(11-14)16(9-10-24(17,19)21)20-25(22,23)12-13-5-3-1-2-4-6-13/h7-8,11,13,16,19-20H,1-6,9-10,12H2. The van der Waals surface area contributed by atoms with Gasteiger partial charge in [-0.05, 0) is 48.9 Å². The van der Waals surface area contributed by atoms with E-state index < -0.39 is 31.6 Å². The number of rotatable bonds is 4. The van der Waals surface area contributed by atoms with Gasteiger partial charge in [0.15, 0.2) is 0 Å². The molecule has 0 aromatic heterocycles. The van der Waals surface area contributed by atoms with Crippen LogP contribution in [0.4, 0.5) is 4.39 Å². The van der Waals surface area contributed by atoms with Gasteiger partial charge in [-0.25, -0.2) is 26.5 Å². The third-order valence-corrected chi connectivity index (χ3v) is 8.59. The molecule has 0 bridgehead atoms. The molecule has 1 aliphatic heterocycles. The third kappa shape index (κ3) is 4.60. The molecule has 1 aliphatic carbocycles. The number of hydrogen-bond acceptors (Lipinski definition) is 4.